The molecule has 2 unspecified atom stereocenters. The maximum absolute atomic E-state index is 10.8. The van der Waals surface area contributed by atoms with E-state index in [9.17, 15) is 10.0 Å². The first-order valence-electron chi connectivity index (χ1n) is 5.04. The van der Waals surface area contributed by atoms with Gasteiger partial charge in [-0.1, -0.05) is 11.6 Å². The van der Waals surface area contributed by atoms with Gasteiger partial charge in [0.25, 0.3) is 0 Å². The molecule has 0 bridgehead atoms. The Balaban J connectivity index is 2.57. The van der Waals surface area contributed by atoms with Gasteiger partial charge in [0, 0.05) is 22.2 Å². The van der Waals surface area contributed by atoms with Crippen LogP contribution in [-0.4, -0.2) is 27.1 Å². The number of hydrogen-bond donors (Lipinski definition) is 3. The van der Waals surface area contributed by atoms with Gasteiger partial charge in [0.2, 0.25) is 0 Å². The minimum Gasteiger partial charge on any atom is -0.480 e. The molecule has 0 fully saturated rings. The summed E-state index contributed by atoms with van der Waals surface area (Å²) in [7, 11) is 0. The first kappa shape index (κ1) is 13.0. The van der Waals surface area contributed by atoms with Gasteiger partial charge in [-0.3, -0.25) is 4.79 Å². The fourth-order valence-corrected chi connectivity index (χ4v) is 2.20. The summed E-state index contributed by atoms with van der Waals surface area (Å²) in [5, 5.41) is 18.6. The molecule has 1 aromatic carbocycles. The molecule has 18 heavy (non-hydrogen) atoms. The van der Waals surface area contributed by atoms with Gasteiger partial charge in [0.15, 0.2) is 0 Å². The largest absolute Gasteiger partial charge is 0.480 e. The van der Waals surface area contributed by atoms with Crippen LogP contribution in [0.5, 0.6) is 0 Å². The van der Waals surface area contributed by atoms with Crippen LogP contribution in [0.25, 0.3) is 10.9 Å². The lowest BCUT2D eigenvalue weighted by molar-refractivity contribution is -0.138. The number of nitrogens with zero attached hydrogens (tertiary/aromatic N) is 1. The zero-order valence-electron chi connectivity index (χ0n) is 9.05. The van der Waals surface area contributed by atoms with E-state index in [2.05, 4.69) is 0 Å². The van der Waals surface area contributed by atoms with E-state index in [1.54, 1.807) is 18.2 Å². The SMILES string of the molecule is NC(C(=O)O)C(Cl)c1cn(O)c2ccc(Cl)cc12. The van der Waals surface area contributed by atoms with Crippen LogP contribution in [0.1, 0.15) is 10.9 Å². The molecule has 1 heterocycles. The van der Waals surface area contributed by atoms with Crippen molar-refractivity contribution in [3.8, 4) is 0 Å². The predicted molar refractivity (Wildman–Crippen MR) is 68.3 cm³/mol. The molecular formula is C11H10Cl2N2O3. The minimum atomic E-state index is -1.27. The third-order valence-electron chi connectivity index (χ3n) is 2.68. The molecule has 4 N–H and O–H groups in total. The van der Waals surface area contributed by atoms with Crippen LogP contribution < -0.4 is 5.73 Å². The number of carboxylic acid groups (broad SMARTS) is 1. The summed E-state index contributed by atoms with van der Waals surface area (Å²) in [6, 6.07) is 3.55. The van der Waals surface area contributed by atoms with E-state index < -0.39 is 17.4 Å². The van der Waals surface area contributed by atoms with Crippen LogP contribution in [0, 0.1) is 0 Å². The van der Waals surface area contributed by atoms with Crippen molar-refractivity contribution in [3.05, 3.63) is 35.0 Å². The molecule has 2 atom stereocenters. The molecule has 0 saturated heterocycles. The molecule has 0 radical (unpaired) electrons. The van der Waals surface area contributed by atoms with Gasteiger partial charge in [-0.2, -0.15) is 4.73 Å². The van der Waals surface area contributed by atoms with E-state index in [0.717, 1.165) is 4.73 Å². The number of rotatable bonds is 3. The highest BCUT2D eigenvalue weighted by Gasteiger charge is 2.27. The molecular weight excluding hydrogens is 279 g/mol. The van der Waals surface area contributed by atoms with Crippen LogP contribution in [0.2, 0.25) is 5.02 Å². The Morgan fingerprint density at radius 2 is 2.11 bits per heavy atom. The minimum absolute atomic E-state index is 0.423. The maximum atomic E-state index is 10.8. The summed E-state index contributed by atoms with van der Waals surface area (Å²) < 4.78 is 0.866. The molecule has 0 saturated carbocycles. The average molecular weight is 289 g/mol. The zero-order valence-corrected chi connectivity index (χ0v) is 10.6. The van der Waals surface area contributed by atoms with Crippen LogP contribution in [0.3, 0.4) is 0 Å². The van der Waals surface area contributed by atoms with Gasteiger partial charge in [-0.25, -0.2) is 0 Å². The molecule has 2 rings (SSSR count). The first-order chi connectivity index (χ1) is 8.41. The average Bonchev–Trinajstić information content (AvgIpc) is 2.64. The lowest BCUT2D eigenvalue weighted by Crippen LogP contribution is -2.34. The fourth-order valence-electron chi connectivity index (χ4n) is 1.75. The number of hydrogen-bond acceptors (Lipinski definition) is 3. The third-order valence-corrected chi connectivity index (χ3v) is 3.42. The molecule has 0 amide bonds. The van der Waals surface area contributed by atoms with Crippen molar-refractivity contribution in [1.82, 2.24) is 4.73 Å². The van der Waals surface area contributed by atoms with Crippen LogP contribution in [-0.2, 0) is 4.79 Å². The van der Waals surface area contributed by atoms with Crippen molar-refractivity contribution in [2.45, 2.75) is 11.4 Å². The van der Waals surface area contributed by atoms with E-state index in [1.807, 2.05) is 0 Å². The number of alkyl halides is 1. The second-order valence-corrected chi connectivity index (χ2v) is 4.76. The van der Waals surface area contributed by atoms with E-state index in [1.165, 1.54) is 6.20 Å². The summed E-state index contributed by atoms with van der Waals surface area (Å²) in [5.41, 5.74) is 6.38. The van der Waals surface area contributed by atoms with Gasteiger partial charge in [-0.05, 0) is 18.2 Å². The summed E-state index contributed by atoms with van der Waals surface area (Å²) in [6.45, 7) is 0. The molecule has 96 valence electrons. The number of fused-ring (bicyclic) bond motifs is 1. The highest BCUT2D eigenvalue weighted by atomic mass is 35.5. The second-order valence-electron chi connectivity index (χ2n) is 3.86. The van der Waals surface area contributed by atoms with Gasteiger partial charge in [0.05, 0.1) is 10.9 Å². The van der Waals surface area contributed by atoms with Gasteiger partial charge in [0.1, 0.15) is 6.04 Å². The van der Waals surface area contributed by atoms with E-state index in [-0.39, 0.29) is 0 Å². The number of carbonyl (C=O) groups is 1. The van der Waals surface area contributed by atoms with Crippen molar-refractivity contribution in [3.63, 3.8) is 0 Å². The fraction of sp³-hybridized carbons (Fsp3) is 0.182. The molecule has 7 heteroatoms. The normalized spacial score (nSPS) is 14.6. The predicted octanol–water partition coefficient (Wildman–Crippen LogP) is 2.22. The van der Waals surface area contributed by atoms with Crippen LogP contribution in [0.4, 0.5) is 0 Å². The lowest BCUT2D eigenvalue weighted by Gasteiger charge is -2.12. The number of nitrogens with two attached hydrogens (primary N) is 1. The van der Waals surface area contributed by atoms with Gasteiger partial charge in [-0.15, -0.1) is 11.6 Å². The second kappa shape index (κ2) is 4.68. The maximum Gasteiger partial charge on any atom is 0.322 e. The Morgan fingerprint density at radius 3 is 2.72 bits per heavy atom. The number of aliphatic carboxylic acids is 1. The third kappa shape index (κ3) is 2.12. The quantitative estimate of drug-likeness (QED) is 0.597. The van der Waals surface area contributed by atoms with Crippen LogP contribution in [0.15, 0.2) is 24.4 Å². The van der Waals surface area contributed by atoms with E-state index >= 15 is 0 Å². The standard InChI is InChI=1S/C11H10Cl2N2O3/c12-5-1-2-8-6(3-5)7(4-15(8)18)9(13)10(14)11(16)17/h1-4,9-10,18H,14H2,(H,16,17). The monoisotopic (exact) mass is 288 g/mol. The molecule has 0 aliphatic rings. The Labute approximate surface area is 112 Å². The molecule has 1 aromatic heterocycles. The smallest absolute Gasteiger partial charge is 0.322 e. The topological polar surface area (TPSA) is 88.5 Å². The van der Waals surface area contributed by atoms with Crippen molar-refractivity contribution >= 4 is 40.1 Å². The first-order valence-corrected chi connectivity index (χ1v) is 5.85. The molecule has 0 spiro atoms. The Morgan fingerprint density at radius 1 is 1.44 bits per heavy atom. The van der Waals surface area contributed by atoms with Crippen LogP contribution >= 0.6 is 23.2 Å². The summed E-state index contributed by atoms with van der Waals surface area (Å²) in [5.74, 6) is -1.21. The molecule has 5 nitrogen and oxygen atoms in total. The van der Waals surface area contributed by atoms with E-state index in [0.29, 0.717) is 21.5 Å². The number of benzene rings is 1. The number of halogens is 2. The van der Waals surface area contributed by atoms with Crippen molar-refractivity contribution < 1.29 is 15.1 Å². The van der Waals surface area contributed by atoms with Gasteiger partial charge < -0.3 is 16.0 Å². The summed E-state index contributed by atoms with van der Waals surface area (Å²) in [4.78, 5) is 10.8. The Kier molecular flexibility index (Phi) is 3.38. The zero-order chi connectivity index (χ0) is 13.4. The highest BCUT2D eigenvalue weighted by molar-refractivity contribution is 6.31. The number of carboxylic acids is 1. The number of aromatic nitrogens is 1. The highest BCUT2D eigenvalue weighted by Crippen LogP contribution is 2.33. The molecule has 2 aromatic rings. The summed E-state index contributed by atoms with van der Waals surface area (Å²) >= 11 is 11.9. The molecule has 0 aliphatic heterocycles. The lowest BCUT2D eigenvalue weighted by atomic mass is 10.1. The van der Waals surface area contributed by atoms with Crippen molar-refractivity contribution in [2.75, 3.05) is 0 Å². The van der Waals surface area contributed by atoms with Crippen molar-refractivity contribution in [1.29, 1.82) is 0 Å². The Hall–Kier alpha value is -1.43. The summed E-state index contributed by atoms with van der Waals surface area (Å²) in [6.07, 6.45) is 1.33. The van der Waals surface area contributed by atoms with Gasteiger partial charge >= 0.3 is 5.97 Å². The van der Waals surface area contributed by atoms with Crippen molar-refractivity contribution in [2.24, 2.45) is 5.73 Å². The Bertz CT molecular complexity index is 612. The molecule has 0 aliphatic carbocycles. The van der Waals surface area contributed by atoms with E-state index in [4.69, 9.17) is 34.0 Å².